The summed E-state index contributed by atoms with van der Waals surface area (Å²) in [5.41, 5.74) is 1.45. The van der Waals surface area contributed by atoms with Crippen LogP contribution in [0.4, 0.5) is 0 Å². The Morgan fingerprint density at radius 2 is 2.35 bits per heavy atom. The number of benzene rings is 1. The normalized spacial score (nSPS) is 11.8. The highest BCUT2D eigenvalue weighted by molar-refractivity contribution is 7.98. The SMILES string of the molecule is CC(CSCc1ccc(C#N)cc1Cl)C(=O)O. The fraction of sp³-hybridized carbons (Fsp3) is 0.333. The molecule has 0 aliphatic carbocycles. The van der Waals surface area contributed by atoms with E-state index in [0.29, 0.717) is 22.1 Å². The first-order valence-corrected chi connectivity index (χ1v) is 6.57. The maximum Gasteiger partial charge on any atom is 0.307 e. The average molecular weight is 270 g/mol. The second-order valence-corrected chi connectivity index (χ2v) is 5.11. The van der Waals surface area contributed by atoms with Crippen LogP contribution in [0, 0.1) is 17.2 Å². The molecule has 17 heavy (non-hydrogen) atoms. The Kier molecular flexibility index (Phi) is 5.33. The largest absolute Gasteiger partial charge is 0.481 e. The van der Waals surface area contributed by atoms with Crippen LogP contribution in [0.15, 0.2) is 18.2 Å². The van der Waals surface area contributed by atoms with Gasteiger partial charge in [-0.05, 0) is 17.7 Å². The molecule has 90 valence electrons. The van der Waals surface area contributed by atoms with Crippen LogP contribution in [-0.2, 0) is 10.5 Å². The second kappa shape index (κ2) is 6.53. The minimum atomic E-state index is -0.788. The van der Waals surface area contributed by atoms with Crippen molar-refractivity contribution in [2.24, 2.45) is 5.92 Å². The number of carboxylic acids is 1. The van der Waals surface area contributed by atoms with Gasteiger partial charge in [-0.2, -0.15) is 17.0 Å². The topological polar surface area (TPSA) is 61.1 Å². The van der Waals surface area contributed by atoms with E-state index in [4.69, 9.17) is 22.0 Å². The van der Waals surface area contributed by atoms with Crippen LogP contribution in [0.25, 0.3) is 0 Å². The zero-order valence-corrected chi connectivity index (χ0v) is 10.9. The van der Waals surface area contributed by atoms with Crippen molar-refractivity contribution in [1.82, 2.24) is 0 Å². The van der Waals surface area contributed by atoms with Crippen molar-refractivity contribution in [2.75, 3.05) is 5.75 Å². The van der Waals surface area contributed by atoms with Gasteiger partial charge in [0.1, 0.15) is 0 Å². The van der Waals surface area contributed by atoms with E-state index in [2.05, 4.69) is 0 Å². The third kappa shape index (κ3) is 4.29. The highest BCUT2D eigenvalue weighted by Gasteiger charge is 2.11. The minimum absolute atomic E-state index is 0.364. The van der Waals surface area contributed by atoms with Gasteiger partial charge in [-0.1, -0.05) is 24.6 Å². The van der Waals surface area contributed by atoms with Crippen molar-refractivity contribution in [3.05, 3.63) is 34.3 Å². The summed E-state index contributed by atoms with van der Waals surface area (Å²) in [6.45, 7) is 1.68. The van der Waals surface area contributed by atoms with E-state index in [1.165, 1.54) is 11.8 Å². The standard InChI is InChI=1S/C12H12ClNO2S/c1-8(12(15)16)6-17-7-10-3-2-9(5-14)4-11(10)13/h2-4,8H,6-7H2,1H3,(H,15,16). The van der Waals surface area contributed by atoms with Gasteiger partial charge in [-0.3, -0.25) is 4.79 Å². The van der Waals surface area contributed by atoms with E-state index < -0.39 is 5.97 Å². The predicted molar refractivity (Wildman–Crippen MR) is 69.1 cm³/mol. The van der Waals surface area contributed by atoms with Gasteiger partial charge in [0.05, 0.1) is 17.6 Å². The Morgan fingerprint density at radius 3 is 2.88 bits per heavy atom. The molecule has 1 rings (SSSR count). The predicted octanol–water partition coefficient (Wildman–Crippen LogP) is 3.17. The fourth-order valence-electron chi connectivity index (χ4n) is 1.15. The molecule has 0 aliphatic heterocycles. The van der Waals surface area contributed by atoms with Crippen molar-refractivity contribution in [3.8, 4) is 6.07 Å². The molecule has 0 bridgehead atoms. The van der Waals surface area contributed by atoms with Gasteiger partial charge in [0.2, 0.25) is 0 Å². The van der Waals surface area contributed by atoms with Gasteiger partial charge in [0, 0.05) is 16.5 Å². The number of rotatable bonds is 5. The number of aliphatic carboxylic acids is 1. The lowest BCUT2D eigenvalue weighted by Gasteiger charge is -2.07. The smallest absolute Gasteiger partial charge is 0.307 e. The van der Waals surface area contributed by atoms with Crippen LogP contribution in [0.5, 0.6) is 0 Å². The summed E-state index contributed by atoms with van der Waals surface area (Å²) in [4.78, 5) is 10.6. The second-order valence-electron chi connectivity index (χ2n) is 3.67. The fourth-order valence-corrected chi connectivity index (χ4v) is 2.56. The van der Waals surface area contributed by atoms with E-state index in [1.54, 1.807) is 25.1 Å². The lowest BCUT2D eigenvalue weighted by atomic mass is 10.2. The maximum atomic E-state index is 10.6. The van der Waals surface area contributed by atoms with Crippen molar-refractivity contribution in [1.29, 1.82) is 5.26 Å². The van der Waals surface area contributed by atoms with Crippen LogP contribution in [0.1, 0.15) is 18.1 Å². The summed E-state index contributed by atoms with van der Waals surface area (Å²) < 4.78 is 0. The molecular formula is C12H12ClNO2S. The molecular weight excluding hydrogens is 258 g/mol. The highest BCUT2D eigenvalue weighted by atomic mass is 35.5. The van der Waals surface area contributed by atoms with Gasteiger partial charge >= 0.3 is 5.97 Å². The quantitative estimate of drug-likeness (QED) is 0.892. The van der Waals surface area contributed by atoms with E-state index >= 15 is 0 Å². The lowest BCUT2D eigenvalue weighted by Crippen LogP contribution is -2.11. The summed E-state index contributed by atoms with van der Waals surface area (Å²) in [5.74, 6) is 0.0500. The Labute approximate surface area is 109 Å². The van der Waals surface area contributed by atoms with Gasteiger partial charge in [-0.15, -0.1) is 0 Å². The molecule has 0 spiro atoms. The van der Waals surface area contributed by atoms with E-state index in [1.807, 2.05) is 6.07 Å². The van der Waals surface area contributed by atoms with Crippen LogP contribution >= 0.6 is 23.4 Å². The number of hydrogen-bond acceptors (Lipinski definition) is 3. The van der Waals surface area contributed by atoms with Crippen LogP contribution < -0.4 is 0 Å². The Hall–Kier alpha value is -1.18. The summed E-state index contributed by atoms with van der Waals surface area (Å²) in [6, 6.07) is 7.15. The van der Waals surface area contributed by atoms with Crippen LogP contribution in [0.2, 0.25) is 5.02 Å². The zero-order chi connectivity index (χ0) is 12.8. The molecule has 1 aromatic rings. The average Bonchev–Trinajstić information content (AvgIpc) is 2.30. The van der Waals surface area contributed by atoms with E-state index in [-0.39, 0.29) is 5.92 Å². The van der Waals surface area contributed by atoms with Gasteiger partial charge in [-0.25, -0.2) is 0 Å². The number of thioether (sulfide) groups is 1. The molecule has 1 N–H and O–H groups in total. The highest BCUT2D eigenvalue weighted by Crippen LogP contribution is 2.23. The molecule has 0 fully saturated rings. The first-order chi connectivity index (χ1) is 8.04. The first-order valence-electron chi connectivity index (χ1n) is 5.03. The van der Waals surface area contributed by atoms with Crippen molar-refractivity contribution >= 4 is 29.3 Å². The monoisotopic (exact) mass is 269 g/mol. The molecule has 1 unspecified atom stereocenters. The number of halogens is 1. The van der Waals surface area contributed by atoms with Crippen molar-refractivity contribution in [2.45, 2.75) is 12.7 Å². The van der Waals surface area contributed by atoms with Gasteiger partial charge < -0.3 is 5.11 Å². The lowest BCUT2D eigenvalue weighted by molar-refractivity contribution is -0.140. The molecule has 0 saturated carbocycles. The number of hydrogen-bond donors (Lipinski definition) is 1. The molecule has 0 aliphatic rings. The molecule has 0 saturated heterocycles. The third-order valence-corrected chi connectivity index (χ3v) is 3.83. The van der Waals surface area contributed by atoms with Crippen LogP contribution in [-0.4, -0.2) is 16.8 Å². The Balaban J connectivity index is 2.53. The van der Waals surface area contributed by atoms with Gasteiger partial charge in [0.25, 0.3) is 0 Å². The number of carbonyl (C=O) groups is 1. The Bertz CT molecular complexity index is 456. The number of nitrogens with zero attached hydrogens (tertiary/aromatic N) is 1. The summed E-state index contributed by atoms with van der Waals surface area (Å²) in [5, 5.41) is 18.0. The van der Waals surface area contributed by atoms with E-state index in [0.717, 1.165) is 5.56 Å². The zero-order valence-electron chi connectivity index (χ0n) is 9.31. The molecule has 1 atom stereocenters. The Morgan fingerprint density at radius 1 is 1.65 bits per heavy atom. The molecule has 0 heterocycles. The summed E-state index contributed by atoms with van der Waals surface area (Å²) >= 11 is 7.53. The van der Waals surface area contributed by atoms with E-state index in [9.17, 15) is 4.79 Å². The molecule has 0 aromatic heterocycles. The van der Waals surface area contributed by atoms with Gasteiger partial charge in [0.15, 0.2) is 0 Å². The first kappa shape index (κ1) is 13.9. The third-order valence-electron chi connectivity index (χ3n) is 2.23. The molecule has 1 aromatic carbocycles. The van der Waals surface area contributed by atoms with Crippen LogP contribution in [0.3, 0.4) is 0 Å². The number of carboxylic acid groups (broad SMARTS) is 1. The molecule has 0 radical (unpaired) electrons. The minimum Gasteiger partial charge on any atom is -0.481 e. The number of nitriles is 1. The summed E-state index contributed by atoms with van der Waals surface area (Å²) in [6.07, 6.45) is 0. The summed E-state index contributed by atoms with van der Waals surface area (Å²) in [7, 11) is 0. The maximum absolute atomic E-state index is 10.6. The molecule has 3 nitrogen and oxygen atoms in total. The van der Waals surface area contributed by atoms with Crippen molar-refractivity contribution < 1.29 is 9.90 Å². The van der Waals surface area contributed by atoms with Crippen molar-refractivity contribution in [3.63, 3.8) is 0 Å². The molecule has 5 heteroatoms. The molecule has 0 amide bonds.